The molecule has 0 aliphatic carbocycles. The Balaban J connectivity index is 1.87. The maximum Gasteiger partial charge on any atom is 0.305 e. The highest BCUT2D eigenvalue weighted by Crippen LogP contribution is 2.22. The van der Waals surface area contributed by atoms with Gasteiger partial charge in [0.15, 0.2) is 5.78 Å². The van der Waals surface area contributed by atoms with E-state index in [4.69, 9.17) is 10.5 Å². The van der Waals surface area contributed by atoms with Crippen LogP contribution in [-0.4, -0.2) is 22.8 Å². The average molecular weight is 350 g/mol. The van der Waals surface area contributed by atoms with Gasteiger partial charge < -0.3 is 14.9 Å². The summed E-state index contributed by atoms with van der Waals surface area (Å²) in [5, 5.41) is 0. The van der Waals surface area contributed by atoms with Crippen LogP contribution in [0.15, 0.2) is 54.7 Å². The highest BCUT2D eigenvalue weighted by atomic mass is 16.5. The van der Waals surface area contributed by atoms with Gasteiger partial charge >= 0.3 is 5.97 Å². The van der Waals surface area contributed by atoms with E-state index >= 15 is 0 Å². The van der Waals surface area contributed by atoms with Crippen LogP contribution in [0, 0.1) is 0 Å². The summed E-state index contributed by atoms with van der Waals surface area (Å²) in [7, 11) is 0. The summed E-state index contributed by atoms with van der Waals surface area (Å²) >= 11 is 0. The summed E-state index contributed by atoms with van der Waals surface area (Å²) in [5.74, 6) is -0.248. The second-order valence-corrected chi connectivity index (χ2v) is 6.12. The van der Waals surface area contributed by atoms with E-state index in [1.807, 2.05) is 34.9 Å². The minimum Gasteiger partial charge on any atom is -0.466 e. The van der Waals surface area contributed by atoms with Crippen LogP contribution < -0.4 is 5.73 Å². The molecule has 26 heavy (non-hydrogen) atoms. The number of carbonyl (C=O) groups excluding carboxylic acids is 2. The third-order valence-corrected chi connectivity index (χ3v) is 4.27. The van der Waals surface area contributed by atoms with Crippen LogP contribution in [0.5, 0.6) is 0 Å². The molecule has 5 nitrogen and oxygen atoms in total. The maximum absolute atomic E-state index is 13.0. The first-order valence-electron chi connectivity index (χ1n) is 8.75. The van der Waals surface area contributed by atoms with Gasteiger partial charge in [-0.1, -0.05) is 18.2 Å². The Labute approximate surface area is 152 Å². The Morgan fingerprint density at radius 2 is 1.96 bits per heavy atom. The summed E-state index contributed by atoms with van der Waals surface area (Å²) in [6.45, 7) is 2.19. The summed E-state index contributed by atoms with van der Waals surface area (Å²) in [6.07, 6.45) is 3.66. The van der Waals surface area contributed by atoms with Gasteiger partial charge in [-0.3, -0.25) is 9.59 Å². The highest BCUT2D eigenvalue weighted by Gasteiger charge is 2.17. The number of benzene rings is 1. The van der Waals surface area contributed by atoms with E-state index in [9.17, 15) is 9.59 Å². The van der Waals surface area contributed by atoms with E-state index in [-0.39, 0.29) is 11.8 Å². The molecule has 0 fully saturated rings. The number of aryl methyl sites for hydroxylation is 1. The Morgan fingerprint density at radius 1 is 1.12 bits per heavy atom. The minimum atomic E-state index is -0.190. The molecule has 1 aromatic carbocycles. The Hall–Kier alpha value is -3.08. The molecule has 3 rings (SSSR count). The molecule has 2 heterocycles. The lowest BCUT2D eigenvalue weighted by Crippen LogP contribution is -2.04. The summed E-state index contributed by atoms with van der Waals surface area (Å²) in [5.41, 5.74) is 9.43. The number of nitrogens with zero attached hydrogens (tertiary/aromatic N) is 1. The Kier molecular flexibility index (Phi) is 5.37. The number of nitrogen functional groups attached to an aromatic ring is 1. The summed E-state index contributed by atoms with van der Waals surface area (Å²) in [6, 6.07) is 14.7. The quantitative estimate of drug-likeness (QED) is 0.401. The average Bonchev–Trinajstić information content (AvgIpc) is 3.00. The number of anilines is 1. The van der Waals surface area contributed by atoms with Crippen molar-refractivity contribution in [1.82, 2.24) is 4.40 Å². The fraction of sp³-hybridized carbons (Fsp3) is 0.238. The third kappa shape index (κ3) is 3.77. The number of pyridine rings is 1. The van der Waals surface area contributed by atoms with Crippen LogP contribution in [0.25, 0.3) is 5.52 Å². The fourth-order valence-electron chi connectivity index (χ4n) is 3.08. The number of ether oxygens (including phenoxy) is 1. The number of esters is 1. The van der Waals surface area contributed by atoms with E-state index in [1.165, 1.54) is 0 Å². The molecule has 3 aromatic rings. The monoisotopic (exact) mass is 350 g/mol. The predicted octanol–water partition coefficient (Wildman–Crippen LogP) is 3.64. The van der Waals surface area contributed by atoms with Crippen molar-refractivity contribution in [3.8, 4) is 0 Å². The normalized spacial score (nSPS) is 10.8. The lowest BCUT2D eigenvalue weighted by atomic mass is 10.0. The molecule has 0 unspecified atom stereocenters. The van der Waals surface area contributed by atoms with E-state index < -0.39 is 0 Å². The lowest BCUT2D eigenvalue weighted by molar-refractivity contribution is -0.143. The molecule has 0 amide bonds. The fourth-order valence-corrected chi connectivity index (χ4v) is 3.08. The van der Waals surface area contributed by atoms with Crippen LogP contribution in [0.4, 0.5) is 5.69 Å². The van der Waals surface area contributed by atoms with E-state index in [2.05, 4.69) is 0 Å². The van der Waals surface area contributed by atoms with Gasteiger partial charge in [0.2, 0.25) is 0 Å². The van der Waals surface area contributed by atoms with Gasteiger partial charge in [-0.15, -0.1) is 0 Å². The van der Waals surface area contributed by atoms with Gasteiger partial charge in [-0.2, -0.15) is 0 Å². The molecular weight excluding hydrogens is 328 g/mol. The number of nitrogens with two attached hydrogens (primary N) is 1. The van der Waals surface area contributed by atoms with Crippen molar-refractivity contribution in [2.75, 3.05) is 12.3 Å². The first-order chi connectivity index (χ1) is 12.6. The molecule has 0 saturated heterocycles. The molecule has 0 radical (unpaired) electrons. The van der Waals surface area contributed by atoms with E-state index in [0.29, 0.717) is 42.7 Å². The lowest BCUT2D eigenvalue weighted by Gasteiger charge is -2.03. The third-order valence-electron chi connectivity index (χ3n) is 4.27. The molecule has 5 heteroatoms. The summed E-state index contributed by atoms with van der Waals surface area (Å²) < 4.78 is 6.97. The number of hydrogen-bond donors (Lipinski definition) is 1. The second kappa shape index (κ2) is 7.87. The van der Waals surface area contributed by atoms with Gasteiger partial charge in [0.25, 0.3) is 0 Å². The van der Waals surface area contributed by atoms with Crippen molar-refractivity contribution in [3.63, 3.8) is 0 Å². The van der Waals surface area contributed by atoms with Gasteiger partial charge in [-0.05, 0) is 50.1 Å². The van der Waals surface area contributed by atoms with Crippen molar-refractivity contribution >= 4 is 23.0 Å². The van der Waals surface area contributed by atoms with Crippen molar-refractivity contribution in [3.05, 3.63) is 71.5 Å². The number of rotatable bonds is 7. The molecular formula is C21H22N2O3. The smallest absolute Gasteiger partial charge is 0.305 e. The maximum atomic E-state index is 13.0. The number of hydrogen-bond acceptors (Lipinski definition) is 4. The first-order valence-corrected chi connectivity index (χ1v) is 8.75. The molecule has 2 aromatic heterocycles. The van der Waals surface area contributed by atoms with Crippen LogP contribution in [0.1, 0.15) is 41.4 Å². The van der Waals surface area contributed by atoms with E-state index in [0.717, 1.165) is 11.2 Å². The van der Waals surface area contributed by atoms with Gasteiger partial charge in [0.05, 0.1) is 12.1 Å². The molecule has 2 N–H and O–H groups in total. The van der Waals surface area contributed by atoms with Crippen LogP contribution in [-0.2, 0) is 16.0 Å². The molecule has 0 spiro atoms. The zero-order valence-corrected chi connectivity index (χ0v) is 14.8. The standard InChI is InChI=1S/C21H22N2O3/c1-2-26-20(24)11-6-9-17-14-18(19-10-3-4-12-23(17)19)21(25)15-7-5-8-16(22)13-15/h3-5,7-8,10,12-14H,2,6,9,11,22H2,1H3. The van der Waals surface area contributed by atoms with Gasteiger partial charge in [-0.25, -0.2) is 0 Å². The SMILES string of the molecule is CCOC(=O)CCCc1cc(C(=O)c2cccc(N)c2)c2ccccn12. The number of carbonyl (C=O) groups is 2. The number of fused-ring (bicyclic) bond motifs is 1. The first kappa shape index (κ1) is 17.7. The van der Waals surface area contributed by atoms with Crippen molar-refractivity contribution in [2.45, 2.75) is 26.2 Å². The predicted molar refractivity (Wildman–Crippen MR) is 101 cm³/mol. The van der Waals surface area contributed by atoms with Crippen LogP contribution in [0.2, 0.25) is 0 Å². The molecule has 0 bridgehead atoms. The summed E-state index contributed by atoms with van der Waals surface area (Å²) in [4.78, 5) is 24.5. The number of aromatic nitrogens is 1. The van der Waals surface area contributed by atoms with E-state index in [1.54, 1.807) is 31.2 Å². The van der Waals surface area contributed by atoms with Crippen molar-refractivity contribution in [2.24, 2.45) is 0 Å². The largest absolute Gasteiger partial charge is 0.466 e. The van der Waals surface area contributed by atoms with Crippen molar-refractivity contribution < 1.29 is 14.3 Å². The van der Waals surface area contributed by atoms with Crippen LogP contribution in [0.3, 0.4) is 0 Å². The van der Waals surface area contributed by atoms with Crippen LogP contribution >= 0.6 is 0 Å². The highest BCUT2D eigenvalue weighted by molar-refractivity contribution is 6.13. The van der Waals surface area contributed by atoms with Gasteiger partial charge in [0.1, 0.15) is 0 Å². The zero-order chi connectivity index (χ0) is 18.5. The van der Waals surface area contributed by atoms with Crippen molar-refractivity contribution in [1.29, 1.82) is 0 Å². The topological polar surface area (TPSA) is 73.8 Å². The minimum absolute atomic E-state index is 0.0577. The second-order valence-electron chi connectivity index (χ2n) is 6.12. The Bertz CT molecular complexity index is 943. The molecule has 0 aliphatic rings. The number of ketones is 1. The molecule has 0 aliphatic heterocycles. The molecule has 0 saturated carbocycles. The zero-order valence-electron chi connectivity index (χ0n) is 14.8. The molecule has 134 valence electrons. The Morgan fingerprint density at radius 3 is 2.73 bits per heavy atom. The van der Waals surface area contributed by atoms with Gasteiger partial charge in [0, 0.05) is 35.1 Å². The molecule has 0 atom stereocenters.